The Balaban J connectivity index is 1.67. The van der Waals surface area contributed by atoms with Crippen molar-refractivity contribution in [2.24, 2.45) is 13.0 Å². The highest BCUT2D eigenvalue weighted by atomic mass is 32.1. The summed E-state index contributed by atoms with van der Waals surface area (Å²) < 4.78 is 6.79. The number of aliphatic hydroxyl groups is 1. The molecule has 2 amide bonds. The van der Waals surface area contributed by atoms with Gasteiger partial charge in [0.05, 0.1) is 19.5 Å². The number of aromatic nitrogens is 3. The highest BCUT2D eigenvalue weighted by Gasteiger charge is 2.36. The van der Waals surface area contributed by atoms with Gasteiger partial charge in [-0.05, 0) is 5.56 Å². The van der Waals surface area contributed by atoms with Gasteiger partial charge in [-0.2, -0.15) is 5.10 Å². The predicted octanol–water partition coefficient (Wildman–Crippen LogP) is 1.12. The van der Waals surface area contributed by atoms with Gasteiger partial charge in [0.2, 0.25) is 0 Å². The van der Waals surface area contributed by atoms with E-state index in [1.54, 1.807) is 29.1 Å². The molecule has 0 aliphatic carbocycles. The van der Waals surface area contributed by atoms with E-state index >= 15 is 0 Å². The van der Waals surface area contributed by atoms with E-state index in [0.717, 1.165) is 5.56 Å². The first-order chi connectivity index (χ1) is 11.1. The summed E-state index contributed by atoms with van der Waals surface area (Å²) in [6.45, 7) is 1.09. The van der Waals surface area contributed by atoms with E-state index < -0.39 is 0 Å². The molecule has 2 aromatic rings. The molecule has 3 rings (SSSR count). The Kier molecular flexibility index (Phi) is 4.49. The zero-order valence-electron chi connectivity index (χ0n) is 13.0. The fourth-order valence-electron chi connectivity index (χ4n) is 2.81. The van der Waals surface area contributed by atoms with Crippen LogP contribution in [0.4, 0.5) is 9.93 Å². The molecule has 1 aliphatic rings. The maximum absolute atomic E-state index is 12.4. The molecule has 0 saturated carbocycles. The lowest BCUT2D eigenvalue weighted by molar-refractivity contribution is 0.206. The number of carbonyl (C=O) groups is 1. The van der Waals surface area contributed by atoms with E-state index in [-0.39, 0.29) is 24.5 Å². The number of methoxy groups -OCH3 is 1. The summed E-state index contributed by atoms with van der Waals surface area (Å²) in [4.78, 5) is 18.2. The molecule has 9 heteroatoms. The van der Waals surface area contributed by atoms with Crippen molar-refractivity contribution >= 4 is 22.5 Å². The van der Waals surface area contributed by atoms with Crippen molar-refractivity contribution in [3.63, 3.8) is 0 Å². The molecule has 0 radical (unpaired) electrons. The first-order valence-electron chi connectivity index (χ1n) is 7.26. The number of thiazole rings is 1. The third-order valence-electron chi connectivity index (χ3n) is 4.02. The van der Waals surface area contributed by atoms with Crippen molar-refractivity contribution in [3.05, 3.63) is 24.2 Å². The smallest absolute Gasteiger partial charge is 0.323 e. The second-order valence-electron chi connectivity index (χ2n) is 5.52. The molecule has 0 bridgehead atoms. The van der Waals surface area contributed by atoms with Crippen LogP contribution in [-0.4, -0.2) is 57.6 Å². The van der Waals surface area contributed by atoms with E-state index in [1.165, 1.54) is 11.3 Å². The minimum absolute atomic E-state index is 0.00998. The van der Waals surface area contributed by atoms with Crippen LogP contribution in [0.1, 0.15) is 11.5 Å². The number of amides is 2. The molecule has 124 valence electrons. The maximum atomic E-state index is 12.4. The molecule has 2 aromatic heterocycles. The maximum Gasteiger partial charge on any atom is 0.323 e. The van der Waals surface area contributed by atoms with Gasteiger partial charge in [0.25, 0.3) is 0 Å². The van der Waals surface area contributed by atoms with Crippen LogP contribution < -0.4 is 10.1 Å². The predicted molar refractivity (Wildman–Crippen MR) is 85.8 cm³/mol. The fourth-order valence-corrected chi connectivity index (χ4v) is 3.44. The van der Waals surface area contributed by atoms with Gasteiger partial charge in [-0.25, -0.2) is 9.78 Å². The van der Waals surface area contributed by atoms with E-state index in [2.05, 4.69) is 15.4 Å². The third kappa shape index (κ3) is 3.30. The van der Waals surface area contributed by atoms with E-state index in [1.807, 2.05) is 13.2 Å². The van der Waals surface area contributed by atoms with Gasteiger partial charge in [0, 0.05) is 44.8 Å². The molecular weight excluding hydrogens is 318 g/mol. The Morgan fingerprint density at radius 3 is 2.96 bits per heavy atom. The summed E-state index contributed by atoms with van der Waals surface area (Å²) in [7, 11) is 3.41. The van der Waals surface area contributed by atoms with Gasteiger partial charge in [-0.15, -0.1) is 0 Å². The Labute approximate surface area is 137 Å². The molecule has 0 unspecified atom stereocenters. The van der Waals surface area contributed by atoms with Gasteiger partial charge in [0.15, 0.2) is 10.2 Å². The largest absolute Gasteiger partial charge is 0.486 e. The van der Waals surface area contributed by atoms with Gasteiger partial charge < -0.3 is 14.7 Å². The summed E-state index contributed by atoms with van der Waals surface area (Å²) in [5.74, 6) is 0.0982. The number of aryl methyl sites for hydroxylation is 1. The van der Waals surface area contributed by atoms with Crippen LogP contribution in [0.3, 0.4) is 0 Å². The molecule has 2 atom stereocenters. The van der Waals surface area contributed by atoms with E-state index in [0.29, 0.717) is 23.3 Å². The van der Waals surface area contributed by atoms with Crippen molar-refractivity contribution < 1.29 is 14.6 Å². The number of ether oxygens (including phenoxy) is 1. The van der Waals surface area contributed by atoms with Crippen LogP contribution in [0.2, 0.25) is 0 Å². The third-order valence-corrected chi connectivity index (χ3v) is 4.89. The Morgan fingerprint density at radius 1 is 1.52 bits per heavy atom. The number of nitrogens with zero attached hydrogens (tertiary/aromatic N) is 4. The Bertz CT molecular complexity index is 686. The van der Waals surface area contributed by atoms with Gasteiger partial charge in [-0.1, -0.05) is 11.3 Å². The van der Waals surface area contributed by atoms with Crippen LogP contribution >= 0.6 is 11.3 Å². The lowest BCUT2D eigenvalue weighted by atomic mass is 9.92. The standard InChI is InChI=1S/C14H19N5O3S/c1-18-5-9(3-16-18)11-7-19(6-10(11)8-20)14(21)17-13-15-4-12(22-2)23-13/h3-5,10-11,20H,6-8H2,1-2H3,(H,15,17,21)/t10-,11-/m0/s1. The molecule has 1 fully saturated rings. The molecule has 2 N–H and O–H groups in total. The van der Waals surface area contributed by atoms with Crippen molar-refractivity contribution in [2.45, 2.75) is 5.92 Å². The number of anilines is 1. The summed E-state index contributed by atoms with van der Waals surface area (Å²) in [6.07, 6.45) is 5.29. The summed E-state index contributed by atoms with van der Waals surface area (Å²) in [5, 5.41) is 17.7. The minimum Gasteiger partial charge on any atom is -0.486 e. The zero-order chi connectivity index (χ0) is 16.4. The van der Waals surface area contributed by atoms with Crippen LogP contribution in [0, 0.1) is 5.92 Å². The van der Waals surface area contributed by atoms with Crippen LogP contribution in [0.15, 0.2) is 18.6 Å². The number of likely N-dealkylation sites (tertiary alicyclic amines) is 1. The first kappa shape index (κ1) is 15.8. The monoisotopic (exact) mass is 337 g/mol. The van der Waals surface area contributed by atoms with E-state index in [4.69, 9.17) is 4.74 Å². The lowest BCUT2D eigenvalue weighted by Crippen LogP contribution is -2.33. The molecule has 1 aliphatic heterocycles. The second kappa shape index (κ2) is 6.55. The van der Waals surface area contributed by atoms with Crippen LogP contribution in [-0.2, 0) is 7.05 Å². The van der Waals surface area contributed by atoms with Crippen molar-refractivity contribution in [2.75, 3.05) is 32.1 Å². The number of urea groups is 1. The number of hydrogen-bond acceptors (Lipinski definition) is 6. The average Bonchev–Trinajstić information content (AvgIpc) is 3.25. The highest BCUT2D eigenvalue weighted by Crippen LogP contribution is 2.33. The molecule has 0 spiro atoms. The number of carbonyl (C=O) groups excluding carboxylic acids is 1. The summed E-state index contributed by atoms with van der Waals surface area (Å²) in [5.41, 5.74) is 1.04. The molecule has 23 heavy (non-hydrogen) atoms. The fraction of sp³-hybridized carbons (Fsp3) is 0.500. The molecule has 8 nitrogen and oxygen atoms in total. The second-order valence-corrected chi connectivity index (χ2v) is 6.51. The number of nitrogens with one attached hydrogen (secondary N) is 1. The lowest BCUT2D eigenvalue weighted by Gasteiger charge is -2.15. The summed E-state index contributed by atoms with van der Waals surface area (Å²) in [6, 6.07) is -0.216. The summed E-state index contributed by atoms with van der Waals surface area (Å²) >= 11 is 1.27. The first-order valence-corrected chi connectivity index (χ1v) is 8.07. The molecule has 0 aromatic carbocycles. The number of aliphatic hydroxyl groups excluding tert-OH is 1. The van der Waals surface area contributed by atoms with Crippen LogP contribution in [0.25, 0.3) is 0 Å². The van der Waals surface area contributed by atoms with Crippen molar-refractivity contribution in [1.82, 2.24) is 19.7 Å². The number of rotatable bonds is 4. The van der Waals surface area contributed by atoms with Crippen LogP contribution in [0.5, 0.6) is 5.06 Å². The Morgan fingerprint density at radius 2 is 2.35 bits per heavy atom. The van der Waals surface area contributed by atoms with Gasteiger partial charge in [0.1, 0.15) is 0 Å². The van der Waals surface area contributed by atoms with Gasteiger partial charge in [-0.3, -0.25) is 10.00 Å². The van der Waals surface area contributed by atoms with E-state index in [9.17, 15) is 9.90 Å². The topological polar surface area (TPSA) is 92.5 Å². The SMILES string of the molecule is COc1cnc(NC(=O)N2C[C@@H](CO)[C@H](c3cnn(C)c3)C2)s1. The average molecular weight is 337 g/mol. The normalized spacial score (nSPS) is 20.7. The molecule has 3 heterocycles. The minimum atomic E-state index is -0.216. The highest BCUT2D eigenvalue weighted by molar-refractivity contribution is 7.17. The number of hydrogen-bond donors (Lipinski definition) is 2. The van der Waals surface area contributed by atoms with Crippen molar-refractivity contribution in [1.29, 1.82) is 0 Å². The van der Waals surface area contributed by atoms with Crippen molar-refractivity contribution in [3.8, 4) is 5.06 Å². The Hall–Kier alpha value is -2.13. The zero-order valence-corrected chi connectivity index (χ0v) is 13.8. The molecular formula is C14H19N5O3S. The molecule has 1 saturated heterocycles. The quantitative estimate of drug-likeness (QED) is 0.872. The van der Waals surface area contributed by atoms with Gasteiger partial charge >= 0.3 is 6.03 Å².